The number of rotatable bonds is 3. The fraction of sp³-hybridized carbons (Fsp3) is 0.714. The van der Waals surface area contributed by atoms with Crippen LogP contribution in [0.3, 0.4) is 0 Å². The smallest absolute Gasteiger partial charge is 0.103 e. The Bertz CT molecular complexity index is 232. The van der Waals surface area contributed by atoms with Crippen molar-refractivity contribution in [2.24, 2.45) is 17.8 Å². The van der Waals surface area contributed by atoms with Gasteiger partial charge < -0.3 is 0 Å². The van der Waals surface area contributed by atoms with Gasteiger partial charge in [0.25, 0.3) is 0 Å². The predicted octanol–water partition coefficient (Wildman–Crippen LogP) is 4.88. The largest absolute Gasteiger partial charge is 0.212 e. The van der Waals surface area contributed by atoms with E-state index >= 15 is 0 Å². The molecule has 0 bridgehead atoms. The van der Waals surface area contributed by atoms with Crippen LogP contribution in [0.2, 0.25) is 0 Å². The first-order valence-corrected chi connectivity index (χ1v) is 6.13. The highest BCUT2D eigenvalue weighted by molar-refractivity contribution is 5.09. The highest BCUT2D eigenvalue weighted by Gasteiger charge is 2.25. The van der Waals surface area contributed by atoms with Crippen molar-refractivity contribution >= 4 is 0 Å². The molecule has 15 heavy (non-hydrogen) atoms. The molecule has 0 radical (unpaired) electrons. The average Bonchev–Trinajstić information content (AvgIpc) is 2.26. The van der Waals surface area contributed by atoms with E-state index in [0.29, 0.717) is 5.92 Å². The van der Waals surface area contributed by atoms with Crippen molar-refractivity contribution in [1.82, 2.24) is 0 Å². The Morgan fingerprint density at radius 3 is 2.40 bits per heavy atom. The Hall–Kier alpha value is -0.590. The molecule has 0 nitrogen and oxygen atoms in total. The quantitative estimate of drug-likeness (QED) is 0.582. The minimum atomic E-state index is 0.0488. The van der Waals surface area contributed by atoms with E-state index in [-0.39, 0.29) is 11.7 Å². The first kappa shape index (κ1) is 12.5. The van der Waals surface area contributed by atoms with E-state index in [9.17, 15) is 4.39 Å². The molecule has 0 heterocycles. The van der Waals surface area contributed by atoms with Gasteiger partial charge in [0, 0.05) is 5.92 Å². The Morgan fingerprint density at radius 2 is 1.87 bits per heavy atom. The topological polar surface area (TPSA) is 0 Å². The molecule has 1 aliphatic carbocycles. The standard InChI is InChI=1S/C14H23F/c1-4-5-6-14(15)12(3)13-9-7-11(2)8-10-13/h4-6,11-13H,7-10H2,1-3H3/b5-4-,14-6+. The van der Waals surface area contributed by atoms with Crippen molar-refractivity contribution in [3.63, 3.8) is 0 Å². The molecule has 1 aliphatic rings. The molecule has 86 valence electrons. The van der Waals surface area contributed by atoms with Gasteiger partial charge in [0.1, 0.15) is 5.83 Å². The lowest BCUT2D eigenvalue weighted by Gasteiger charge is -2.29. The molecule has 1 saturated carbocycles. The Morgan fingerprint density at radius 1 is 1.27 bits per heavy atom. The van der Waals surface area contributed by atoms with Crippen molar-refractivity contribution < 1.29 is 4.39 Å². The first-order valence-electron chi connectivity index (χ1n) is 6.13. The number of allylic oxidation sites excluding steroid dienone is 4. The number of hydrogen-bond acceptors (Lipinski definition) is 0. The summed E-state index contributed by atoms with van der Waals surface area (Å²) in [5.74, 6) is 1.56. The zero-order valence-corrected chi connectivity index (χ0v) is 10.2. The summed E-state index contributed by atoms with van der Waals surface area (Å²) in [6.07, 6.45) is 10.2. The zero-order valence-electron chi connectivity index (χ0n) is 10.2. The van der Waals surface area contributed by atoms with Gasteiger partial charge in [-0.1, -0.05) is 38.8 Å². The minimum Gasteiger partial charge on any atom is -0.212 e. The van der Waals surface area contributed by atoms with Gasteiger partial charge in [0.2, 0.25) is 0 Å². The molecule has 1 unspecified atom stereocenters. The van der Waals surface area contributed by atoms with Gasteiger partial charge in [-0.15, -0.1) is 0 Å². The molecular weight excluding hydrogens is 187 g/mol. The van der Waals surface area contributed by atoms with Crippen molar-refractivity contribution in [2.45, 2.75) is 46.5 Å². The maximum atomic E-state index is 13.7. The molecule has 1 rings (SSSR count). The molecule has 0 N–H and O–H groups in total. The van der Waals surface area contributed by atoms with Gasteiger partial charge in [-0.25, -0.2) is 4.39 Å². The van der Waals surface area contributed by atoms with E-state index < -0.39 is 0 Å². The summed E-state index contributed by atoms with van der Waals surface area (Å²) < 4.78 is 13.7. The average molecular weight is 210 g/mol. The fourth-order valence-electron chi connectivity index (χ4n) is 2.35. The third-order valence-electron chi connectivity index (χ3n) is 3.65. The van der Waals surface area contributed by atoms with Gasteiger partial charge in [0.05, 0.1) is 0 Å². The monoisotopic (exact) mass is 210 g/mol. The van der Waals surface area contributed by atoms with E-state index in [1.807, 2.05) is 19.9 Å². The van der Waals surface area contributed by atoms with Crippen LogP contribution < -0.4 is 0 Å². The minimum absolute atomic E-state index is 0.0488. The van der Waals surface area contributed by atoms with Crippen LogP contribution in [-0.4, -0.2) is 0 Å². The zero-order chi connectivity index (χ0) is 11.3. The van der Waals surface area contributed by atoms with Crippen molar-refractivity contribution in [3.05, 3.63) is 24.1 Å². The van der Waals surface area contributed by atoms with E-state index in [4.69, 9.17) is 0 Å². The molecular formula is C14H23F. The lowest BCUT2D eigenvalue weighted by molar-refractivity contribution is 0.225. The summed E-state index contributed by atoms with van der Waals surface area (Å²) in [5.41, 5.74) is 0. The molecule has 0 spiro atoms. The number of halogens is 1. The molecule has 1 fully saturated rings. The second-order valence-electron chi connectivity index (χ2n) is 4.89. The Kier molecular flexibility index (Phi) is 5.07. The van der Waals surface area contributed by atoms with Crippen LogP contribution in [0.15, 0.2) is 24.1 Å². The molecule has 1 atom stereocenters. The van der Waals surface area contributed by atoms with E-state index in [2.05, 4.69) is 6.92 Å². The van der Waals surface area contributed by atoms with Crippen LogP contribution in [0.1, 0.15) is 46.5 Å². The first-order chi connectivity index (χ1) is 7.15. The Balaban J connectivity index is 2.49. The van der Waals surface area contributed by atoms with Crippen LogP contribution in [-0.2, 0) is 0 Å². The third kappa shape index (κ3) is 3.81. The van der Waals surface area contributed by atoms with E-state index in [0.717, 1.165) is 5.92 Å². The van der Waals surface area contributed by atoms with Crippen LogP contribution in [0, 0.1) is 17.8 Å². The van der Waals surface area contributed by atoms with Gasteiger partial charge in [-0.3, -0.25) is 0 Å². The van der Waals surface area contributed by atoms with Crippen LogP contribution in [0.5, 0.6) is 0 Å². The Labute approximate surface area is 93.3 Å². The molecule has 1 heteroatoms. The molecule has 0 aromatic rings. The summed E-state index contributed by atoms with van der Waals surface area (Å²) >= 11 is 0. The lowest BCUT2D eigenvalue weighted by atomic mass is 9.76. The molecule has 0 saturated heterocycles. The van der Waals surface area contributed by atoms with Gasteiger partial charge in [-0.05, 0) is 37.7 Å². The van der Waals surface area contributed by atoms with Gasteiger partial charge in [-0.2, -0.15) is 0 Å². The van der Waals surface area contributed by atoms with Gasteiger partial charge >= 0.3 is 0 Å². The van der Waals surface area contributed by atoms with Crippen LogP contribution in [0.25, 0.3) is 0 Å². The van der Waals surface area contributed by atoms with Crippen molar-refractivity contribution in [1.29, 1.82) is 0 Å². The van der Waals surface area contributed by atoms with Crippen LogP contribution in [0.4, 0.5) is 4.39 Å². The lowest BCUT2D eigenvalue weighted by Crippen LogP contribution is -2.19. The maximum Gasteiger partial charge on any atom is 0.103 e. The summed E-state index contributed by atoms with van der Waals surface area (Å²) in [6, 6.07) is 0. The molecule has 0 amide bonds. The fourth-order valence-corrected chi connectivity index (χ4v) is 2.35. The van der Waals surface area contributed by atoms with Crippen molar-refractivity contribution in [3.8, 4) is 0 Å². The van der Waals surface area contributed by atoms with Gasteiger partial charge in [0.15, 0.2) is 0 Å². The van der Waals surface area contributed by atoms with E-state index in [1.54, 1.807) is 12.2 Å². The second-order valence-corrected chi connectivity index (χ2v) is 4.89. The normalized spacial score (nSPS) is 30.8. The maximum absolute atomic E-state index is 13.7. The molecule has 0 aliphatic heterocycles. The highest BCUT2D eigenvalue weighted by atomic mass is 19.1. The van der Waals surface area contributed by atoms with Crippen molar-refractivity contribution in [2.75, 3.05) is 0 Å². The van der Waals surface area contributed by atoms with Crippen LogP contribution >= 0.6 is 0 Å². The predicted molar refractivity (Wildman–Crippen MR) is 64.3 cm³/mol. The summed E-state index contributed by atoms with van der Waals surface area (Å²) in [4.78, 5) is 0. The molecule has 0 aromatic heterocycles. The van der Waals surface area contributed by atoms with E-state index in [1.165, 1.54) is 25.7 Å². The highest BCUT2D eigenvalue weighted by Crippen LogP contribution is 2.36. The number of hydrogen-bond donors (Lipinski definition) is 0. The molecule has 0 aromatic carbocycles. The third-order valence-corrected chi connectivity index (χ3v) is 3.65. The second kappa shape index (κ2) is 6.09. The summed E-state index contributed by atoms with van der Waals surface area (Å²) in [6.45, 7) is 6.24. The summed E-state index contributed by atoms with van der Waals surface area (Å²) in [7, 11) is 0. The SMILES string of the molecule is C/C=C\C=C(\F)C(C)C1CCC(C)CC1. The summed E-state index contributed by atoms with van der Waals surface area (Å²) in [5, 5.41) is 0.